The highest BCUT2D eigenvalue weighted by atomic mass is 32.1. The van der Waals surface area contributed by atoms with Gasteiger partial charge in [0.25, 0.3) is 5.91 Å². The number of aromatic nitrogens is 1. The second kappa shape index (κ2) is 4.93. The second-order valence-corrected chi connectivity index (χ2v) is 5.41. The molecule has 2 aromatic rings. The molecule has 0 aliphatic heterocycles. The maximum absolute atomic E-state index is 12.0. The summed E-state index contributed by atoms with van der Waals surface area (Å²) in [7, 11) is 0. The van der Waals surface area contributed by atoms with Crippen LogP contribution in [0.3, 0.4) is 0 Å². The number of thiazole rings is 1. The predicted octanol–water partition coefficient (Wildman–Crippen LogP) is 1.82. The van der Waals surface area contributed by atoms with E-state index in [1.54, 1.807) is 18.4 Å². The van der Waals surface area contributed by atoms with E-state index < -0.39 is 0 Å². The lowest BCUT2D eigenvalue weighted by atomic mass is 10.4. The average Bonchev–Trinajstić information content (AvgIpc) is 2.90. The molecule has 0 saturated heterocycles. The first kappa shape index (κ1) is 12.0. The Bertz CT molecular complexity index is 575. The zero-order valence-electron chi connectivity index (χ0n) is 10.2. The van der Waals surface area contributed by atoms with Crippen LogP contribution in [0.25, 0.3) is 0 Å². The number of carbonyl (C=O) groups is 1. The van der Waals surface area contributed by atoms with Gasteiger partial charge in [-0.05, 0) is 25.0 Å². The number of nitrogen functional groups attached to an aromatic ring is 1. The van der Waals surface area contributed by atoms with Gasteiger partial charge >= 0.3 is 0 Å². The number of hydrogen-bond donors (Lipinski definition) is 3. The van der Waals surface area contributed by atoms with Crippen LogP contribution < -0.4 is 16.4 Å². The van der Waals surface area contributed by atoms with E-state index in [0.29, 0.717) is 28.4 Å². The molecule has 6 nitrogen and oxygen atoms in total. The molecule has 2 heterocycles. The minimum Gasteiger partial charge on any atom is -0.467 e. The molecule has 1 saturated carbocycles. The summed E-state index contributed by atoms with van der Waals surface area (Å²) in [4.78, 5) is 16.6. The van der Waals surface area contributed by atoms with Gasteiger partial charge in [0.2, 0.25) is 0 Å². The Hall–Kier alpha value is -2.02. The summed E-state index contributed by atoms with van der Waals surface area (Å²) in [6, 6.07) is 4.07. The summed E-state index contributed by atoms with van der Waals surface area (Å²) in [6.45, 7) is 0.342. The number of amides is 1. The average molecular weight is 278 g/mol. The molecule has 100 valence electrons. The Morgan fingerprint density at radius 3 is 3.11 bits per heavy atom. The smallest absolute Gasteiger partial charge is 0.265 e. The fraction of sp³-hybridized carbons (Fsp3) is 0.333. The first-order valence-electron chi connectivity index (χ1n) is 6.06. The summed E-state index contributed by atoms with van der Waals surface area (Å²) < 4.78 is 5.15. The second-order valence-electron chi connectivity index (χ2n) is 4.41. The molecule has 0 unspecified atom stereocenters. The van der Waals surface area contributed by atoms with Gasteiger partial charge < -0.3 is 20.8 Å². The molecule has 2 aromatic heterocycles. The maximum Gasteiger partial charge on any atom is 0.265 e. The Balaban J connectivity index is 1.63. The Morgan fingerprint density at radius 2 is 2.42 bits per heavy atom. The molecule has 0 radical (unpaired) electrons. The van der Waals surface area contributed by atoms with Crippen molar-refractivity contribution in [3.63, 3.8) is 0 Å². The summed E-state index contributed by atoms with van der Waals surface area (Å²) in [5, 5.41) is 6.70. The van der Waals surface area contributed by atoms with Crippen molar-refractivity contribution in [3.05, 3.63) is 29.0 Å². The lowest BCUT2D eigenvalue weighted by Crippen LogP contribution is -2.22. The molecule has 19 heavy (non-hydrogen) atoms. The van der Waals surface area contributed by atoms with Crippen molar-refractivity contribution in [2.75, 3.05) is 11.1 Å². The highest BCUT2D eigenvalue weighted by Crippen LogP contribution is 2.30. The predicted molar refractivity (Wildman–Crippen MR) is 73.0 cm³/mol. The topological polar surface area (TPSA) is 93.2 Å². The lowest BCUT2D eigenvalue weighted by Gasteiger charge is -2.00. The number of furan rings is 1. The first-order chi connectivity index (χ1) is 9.22. The van der Waals surface area contributed by atoms with Gasteiger partial charge in [0.05, 0.1) is 12.8 Å². The van der Waals surface area contributed by atoms with E-state index >= 15 is 0 Å². The van der Waals surface area contributed by atoms with Crippen molar-refractivity contribution in [1.82, 2.24) is 10.3 Å². The van der Waals surface area contributed by atoms with Crippen molar-refractivity contribution in [1.29, 1.82) is 0 Å². The largest absolute Gasteiger partial charge is 0.467 e. The highest BCUT2D eigenvalue weighted by molar-refractivity contribution is 7.18. The number of nitrogens with two attached hydrogens (primary N) is 1. The van der Waals surface area contributed by atoms with E-state index in [4.69, 9.17) is 10.2 Å². The van der Waals surface area contributed by atoms with Crippen LogP contribution >= 0.6 is 11.3 Å². The number of hydrogen-bond acceptors (Lipinski definition) is 6. The monoisotopic (exact) mass is 278 g/mol. The number of nitrogens with one attached hydrogen (secondary N) is 2. The van der Waals surface area contributed by atoms with Crippen molar-refractivity contribution >= 4 is 28.2 Å². The van der Waals surface area contributed by atoms with Gasteiger partial charge in [0, 0.05) is 6.04 Å². The molecule has 1 fully saturated rings. The SMILES string of the molecule is Nc1nc(NC2CC2)sc1C(=O)NCc1ccco1. The van der Waals surface area contributed by atoms with E-state index in [9.17, 15) is 4.79 Å². The van der Waals surface area contributed by atoms with Crippen LogP contribution in [0.2, 0.25) is 0 Å². The maximum atomic E-state index is 12.0. The van der Waals surface area contributed by atoms with Crippen molar-refractivity contribution in [3.8, 4) is 0 Å². The fourth-order valence-electron chi connectivity index (χ4n) is 1.62. The number of anilines is 2. The first-order valence-corrected chi connectivity index (χ1v) is 6.87. The van der Waals surface area contributed by atoms with Crippen molar-refractivity contribution < 1.29 is 9.21 Å². The van der Waals surface area contributed by atoms with E-state index in [2.05, 4.69) is 15.6 Å². The van der Waals surface area contributed by atoms with Gasteiger partial charge in [-0.1, -0.05) is 11.3 Å². The third-order valence-electron chi connectivity index (χ3n) is 2.77. The standard InChI is InChI=1S/C12H14N4O2S/c13-10-9(19-12(16-10)15-7-3-4-7)11(17)14-6-8-2-1-5-18-8/h1-2,5,7H,3-4,6,13H2,(H,14,17)(H,15,16). The van der Waals surface area contributed by atoms with E-state index in [-0.39, 0.29) is 11.7 Å². The molecule has 1 aliphatic rings. The van der Waals surface area contributed by atoms with Crippen LogP contribution in [-0.2, 0) is 6.54 Å². The molecule has 0 aromatic carbocycles. The van der Waals surface area contributed by atoms with Crippen molar-refractivity contribution in [2.45, 2.75) is 25.4 Å². The molecule has 1 amide bonds. The third kappa shape index (κ3) is 2.87. The van der Waals surface area contributed by atoms with E-state index in [1.807, 2.05) is 0 Å². The molecule has 0 spiro atoms. The van der Waals surface area contributed by atoms with Crippen molar-refractivity contribution in [2.24, 2.45) is 0 Å². The Morgan fingerprint density at radius 1 is 1.58 bits per heavy atom. The van der Waals surface area contributed by atoms with Gasteiger partial charge in [-0.15, -0.1) is 0 Å². The molecule has 7 heteroatoms. The minimum atomic E-state index is -0.227. The molecule has 3 rings (SSSR count). The molecule has 0 bridgehead atoms. The van der Waals surface area contributed by atoms with Gasteiger partial charge in [0.1, 0.15) is 16.5 Å². The lowest BCUT2D eigenvalue weighted by molar-refractivity contribution is 0.0953. The van der Waals surface area contributed by atoms with Gasteiger partial charge in [-0.2, -0.15) is 0 Å². The summed E-state index contributed by atoms with van der Waals surface area (Å²) in [6.07, 6.45) is 3.87. The zero-order valence-corrected chi connectivity index (χ0v) is 11.0. The van der Waals surface area contributed by atoms with E-state index in [1.165, 1.54) is 11.3 Å². The molecular weight excluding hydrogens is 264 g/mol. The fourth-order valence-corrected chi connectivity index (χ4v) is 2.50. The van der Waals surface area contributed by atoms with Crippen LogP contribution in [0, 0.1) is 0 Å². The molecular formula is C12H14N4O2S. The van der Waals surface area contributed by atoms with Gasteiger partial charge in [-0.25, -0.2) is 4.98 Å². The molecule has 0 atom stereocenters. The van der Waals surface area contributed by atoms with Gasteiger partial charge in [0.15, 0.2) is 5.13 Å². The zero-order chi connectivity index (χ0) is 13.2. The normalized spacial score (nSPS) is 14.3. The minimum absolute atomic E-state index is 0.227. The Labute approximate surface area is 114 Å². The Kier molecular flexibility index (Phi) is 3.12. The third-order valence-corrected chi connectivity index (χ3v) is 3.77. The van der Waals surface area contributed by atoms with Crippen LogP contribution in [0.5, 0.6) is 0 Å². The summed E-state index contributed by atoms with van der Waals surface area (Å²) in [5.74, 6) is 0.744. The quantitative estimate of drug-likeness (QED) is 0.775. The molecule has 1 aliphatic carbocycles. The molecule has 4 N–H and O–H groups in total. The van der Waals surface area contributed by atoms with Gasteiger partial charge in [-0.3, -0.25) is 4.79 Å². The number of carbonyl (C=O) groups excluding carboxylic acids is 1. The van der Waals surface area contributed by atoms with E-state index in [0.717, 1.165) is 12.8 Å². The van der Waals surface area contributed by atoms with Crippen LogP contribution in [0.1, 0.15) is 28.3 Å². The summed E-state index contributed by atoms with van der Waals surface area (Å²) in [5.41, 5.74) is 5.76. The van der Waals surface area contributed by atoms with Crippen LogP contribution in [0.4, 0.5) is 10.9 Å². The highest BCUT2D eigenvalue weighted by Gasteiger charge is 2.24. The summed E-state index contributed by atoms with van der Waals surface area (Å²) >= 11 is 1.28. The number of nitrogens with zero attached hydrogens (tertiary/aromatic N) is 1. The van der Waals surface area contributed by atoms with Crippen LogP contribution in [0.15, 0.2) is 22.8 Å². The number of rotatable bonds is 5. The van der Waals surface area contributed by atoms with Crippen LogP contribution in [-0.4, -0.2) is 16.9 Å².